The van der Waals surface area contributed by atoms with Gasteiger partial charge in [0.05, 0.1) is 0 Å². The molecule has 0 aliphatic heterocycles. The highest BCUT2D eigenvalue weighted by molar-refractivity contribution is 4.81. The quantitative estimate of drug-likeness (QED) is 0.708. The SMILES string of the molecule is CC(C)CC(C)NC1CCCCCC1CO. The van der Waals surface area contributed by atoms with Gasteiger partial charge in [-0.05, 0) is 38.0 Å². The maximum atomic E-state index is 9.44. The van der Waals surface area contributed by atoms with Crippen LogP contribution in [-0.2, 0) is 0 Å². The van der Waals surface area contributed by atoms with E-state index in [1.807, 2.05) is 0 Å². The number of rotatable bonds is 5. The minimum Gasteiger partial charge on any atom is -0.396 e. The molecule has 1 rings (SSSR count). The molecule has 1 aliphatic rings. The predicted molar refractivity (Wildman–Crippen MR) is 69.5 cm³/mol. The molecule has 2 N–H and O–H groups in total. The summed E-state index contributed by atoms with van der Waals surface area (Å²) in [5.41, 5.74) is 0. The van der Waals surface area contributed by atoms with Crippen LogP contribution in [0.4, 0.5) is 0 Å². The lowest BCUT2D eigenvalue weighted by Gasteiger charge is -2.28. The van der Waals surface area contributed by atoms with E-state index in [2.05, 4.69) is 26.1 Å². The average molecular weight is 227 g/mol. The van der Waals surface area contributed by atoms with Crippen LogP contribution in [0.2, 0.25) is 0 Å². The normalized spacial score (nSPS) is 29.1. The van der Waals surface area contributed by atoms with Gasteiger partial charge in [0.15, 0.2) is 0 Å². The van der Waals surface area contributed by atoms with Crippen LogP contribution in [0.15, 0.2) is 0 Å². The molecule has 0 spiro atoms. The molecule has 0 saturated heterocycles. The van der Waals surface area contributed by atoms with Gasteiger partial charge in [-0.1, -0.05) is 33.1 Å². The first-order valence-corrected chi connectivity index (χ1v) is 7.00. The van der Waals surface area contributed by atoms with Crippen LogP contribution in [0.3, 0.4) is 0 Å². The first-order valence-electron chi connectivity index (χ1n) is 7.00. The number of nitrogens with one attached hydrogen (secondary N) is 1. The molecule has 96 valence electrons. The molecule has 1 aliphatic carbocycles. The Morgan fingerprint density at radius 2 is 1.81 bits per heavy atom. The average Bonchev–Trinajstić information content (AvgIpc) is 2.41. The topological polar surface area (TPSA) is 32.3 Å². The van der Waals surface area contributed by atoms with E-state index < -0.39 is 0 Å². The number of hydrogen-bond acceptors (Lipinski definition) is 2. The predicted octanol–water partition coefficient (Wildman–Crippen LogP) is 2.95. The Kier molecular flexibility index (Phi) is 6.37. The van der Waals surface area contributed by atoms with Crippen molar-refractivity contribution in [3.05, 3.63) is 0 Å². The van der Waals surface area contributed by atoms with Gasteiger partial charge in [0.25, 0.3) is 0 Å². The summed E-state index contributed by atoms with van der Waals surface area (Å²) in [6.07, 6.45) is 7.63. The van der Waals surface area contributed by atoms with Crippen molar-refractivity contribution in [2.45, 2.75) is 71.4 Å². The summed E-state index contributed by atoms with van der Waals surface area (Å²) >= 11 is 0. The summed E-state index contributed by atoms with van der Waals surface area (Å²) in [6.45, 7) is 7.18. The highest BCUT2D eigenvalue weighted by Crippen LogP contribution is 2.24. The Bertz CT molecular complexity index is 182. The maximum Gasteiger partial charge on any atom is 0.0474 e. The second-order valence-corrected chi connectivity index (χ2v) is 5.88. The van der Waals surface area contributed by atoms with Gasteiger partial charge < -0.3 is 10.4 Å². The van der Waals surface area contributed by atoms with Gasteiger partial charge in [0, 0.05) is 18.7 Å². The van der Waals surface area contributed by atoms with Gasteiger partial charge >= 0.3 is 0 Å². The molecule has 1 saturated carbocycles. The molecule has 0 radical (unpaired) electrons. The van der Waals surface area contributed by atoms with Crippen molar-refractivity contribution >= 4 is 0 Å². The smallest absolute Gasteiger partial charge is 0.0474 e. The zero-order valence-electron chi connectivity index (χ0n) is 11.2. The van der Waals surface area contributed by atoms with Gasteiger partial charge in [0.1, 0.15) is 0 Å². The molecule has 1 fully saturated rings. The van der Waals surface area contributed by atoms with Crippen molar-refractivity contribution in [3.63, 3.8) is 0 Å². The molecular weight excluding hydrogens is 198 g/mol. The first-order chi connectivity index (χ1) is 7.63. The Hall–Kier alpha value is -0.0800. The van der Waals surface area contributed by atoms with Crippen molar-refractivity contribution in [1.82, 2.24) is 5.32 Å². The van der Waals surface area contributed by atoms with Gasteiger partial charge in [0.2, 0.25) is 0 Å². The molecular formula is C14H29NO. The number of hydrogen-bond donors (Lipinski definition) is 2. The zero-order valence-corrected chi connectivity index (χ0v) is 11.2. The van der Waals surface area contributed by atoms with Gasteiger partial charge in [-0.3, -0.25) is 0 Å². The Labute approximate surface area is 101 Å². The monoisotopic (exact) mass is 227 g/mol. The van der Waals surface area contributed by atoms with Crippen LogP contribution >= 0.6 is 0 Å². The van der Waals surface area contributed by atoms with E-state index in [-0.39, 0.29) is 0 Å². The fourth-order valence-corrected chi connectivity index (χ4v) is 2.96. The summed E-state index contributed by atoms with van der Waals surface area (Å²) in [5.74, 6) is 1.23. The molecule has 0 heterocycles. The van der Waals surface area contributed by atoms with Gasteiger partial charge in [-0.15, -0.1) is 0 Å². The fraction of sp³-hybridized carbons (Fsp3) is 1.00. The van der Waals surface area contributed by atoms with Crippen molar-refractivity contribution < 1.29 is 5.11 Å². The number of aliphatic hydroxyl groups is 1. The lowest BCUT2D eigenvalue weighted by atomic mass is 9.94. The lowest BCUT2D eigenvalue weighted by Crippen LogP contribution is -2.42. The summed E-state index contributed by atoms with van der Waals surface area (Å²) in [7, 11) is 0. The zero-order chi connectivity index (χ0) is 12.0. The van der Waals surface area contributed by atoms with Crippen LogP contribution in [0.25, 0.3) is 0 Å². The van der Waals surface area contributed by atoms with Gasteiger partial charge in [-0.25, -0.2) is 0 Å². The standard InChI is InChI=1S/C14H29NO/c1-11(2)9-12(3)15-14-8-6-4-5-7-13(14)10-16/h11-16H,4-10H2,1-3H3. The molecule has 0 aromatic rings. The van der Waals surface area contributed by atoms with E-state index in [9.17, 15) is 5.11 Å². The number of aliphatic hydroxyl groups excluding tert-OH is 1. The second kappa shape index (κ2) is 7.29. The summed E-state index contributed by atoms with van der Waals surface area (Å²) in [5, 5.41) is 13.2. The van der Waals surface area contributed by atoms with Crippen LogP contribution in [0, 0.1) is 11.8 Å². The van der Waals surface area contributed by atoms with E-state index in [0.29, 0.717) is 24.6 Å². The molecule has 2 heteroatoms. The van der Waals surface area contributed by atoms with E-state index in [0.717, 1.165) is 5.92 Å². The molecule has 0 aromatic heterocycles. The minimum atomic E-state index is 0.353. The Morgan fingerprint density at radius 1 is 1.12 bits per heavy atom. The van der Waals surface area contributed by atoms with Crippen LogP contribution in [-0.4, -0.2) is 23.8 Å². The molecule has 16 heavy (non-hydrogen) atoms. The van der Waals surface area contributed by atoms with Crippen molar-refractivity contribution in [2.75, 3.05) is 6.61 Å². The molecule has 3 atom stereocenters. The summed E-state index contributed by atoms with van der Waals surface area (Å²) < 4.78 is 0. The second-order valence-electron chi connectivity index (χ2n) is 5.88. The minimum absolute atomic E-state index is 0.353. The molecule has 3 unspecified atom stereocenters. The third-order valence-electron chi connectivity index (χ3n) is 3.72. The highest BCUT2D eigenvalue weighted by Gasteiger charge is 2.24. The molecule has 0 amide bonds. The Balaban J connectivity index is 2.41. The summed E-state index contributed by atoms with van der Waals surface area (Å²) in [4.78, 5) is 0. The van der Waals surface area contributed by atoms with E-state index in [4.69, 9.17) is 0 Å². The van der Waals surface area contributed by atoms with Crippen LogP contribution in [0.1, 0.15) is 59.3 Å². The molecule has 0 aromatic carbocycles. The summed E-state index contributed by atoms with van der Waals surface area (Å²) in [6, 6.07) is 1.12. The van der Waals surface area contributed by atoms with E-state index >= 15 is 0 Å². The lowest BCUT2D eigenvalue weighted by molar-refractivity contribution is 0.173. The van der Waals surface area contributed by atoms with Crippen LogP contribution in [0.5, 0.6) is 0 Å². The van der Waals surface area contributed by atoms with Crippen molar-refractivity contribution in [2.24, 2.45) is 11.8 Å². The Morgan fingerprint density at radius 3 is 2.44 bits per heavy atom. The third kappa shape index (κ3) is 4.84. The van der Waals surface area contributed by atoms with Crippen molar-refractivity contribution in [3.8, 4) is 0 Å². The fourth-order valence-electron chi connectivity index (χ4n) is 2.96. The third-order valence-corrected chi connectivity index (χ3v) is 3.72. The molecule has 2 nitrogen and oxygen atoms in total. The highest BCUT2D eigenvalue weighted by atomic mass is 16.3. The molecule has 0 bridgehead atoms. The largest absolute Gasteiger partial charge is 0.396 e. The van der Waals surface area contributed by atoms with E-state index in [1.54, 1.807) is 0 Å². The van der Waals surface area contributed by atoms with Crippen LogP contribution < -0.4 is 5.32 Å². The van der Waals surface area contributed by atoms with E-state index in [1.165, 1.54) is 38.5 Å². The van der Waals surface area contributed by atoms with Gasteiger partial charge in [-0.2, -0.15) is 0 Å². The van der Waals surface area contributed by atoms with Crippen molar-refractivity contribution in [1.29, 1.82) is 0 Å². The maximum absolute atomic E-state index is 9.44. The first kappa shape index (κ1) is 14.0.